The van der Waals surface area contributed by atoms with Crippen LogP contribution in [0.5, 0.6) is 5.75 Å². The summed E-state index contributed by atoms with van der Waals surface area (Å²) in [5.74, 6) is 0.754. The number of hydrogen-bond acceptors (Lipinski definition) is 3. The van der Waals surface area contributed by atoms with E-state index in [2.05, 4.69) is 33.0 Å². The molecule has 1 amide bonds. The molecule has 0 spiro atoms. The Bertz CT molecular complexity index is 495. The van der Waals surface area contributed by atoms with Gasteiger partial charge in [0.15, 0.2) is 0 Å². The molecule has 0 unspecified atom stereocenters. The summed E-state index contributed by atoms with van der Waals surface area (Å²) >= 11 is 0. The maximum atomic E-state index is 12.4. The average Bonchev–Trinajstić information content (AvgIpc) is 2.78. The molecule has 1 aliphatic rings. The van der Waals surface area contributed by atoms with Crippen molar-refractivity contribution < 1.29 is 9.53 Å². The fourth-order valence-electron chi connectivity index (χ4n) is 2.92. The number of carbonyl (C=O) groups is 1. The highest BCUT2D eigenvalue weighted by atomic mass is 16.5. The van der Waals surface area contributed by atoms with Crippen molar-refractivity contribution in [2.24, 2.45) is 22.5 Å². The van der Waals surface area contributed by atoms with Crippen molar-refractivity contribution in [3.05, 3.63) is 24.3 Å². The number of ether oxygens (including phenoxy) is 1. The summed E-state index contributed by atoms with van der Waals surface area (Å²) in [5.41, 5.74) is 6.22. The molecule has 1 aromatic rings. The number of rotatable bonds is 5. The summed E-state index contributed by atoms with van der Waals surface area (Å²) in [4.78, 5) is 12.4. The van der Waals surface area contributed by atoms with Crippen LogP contribution in [-0.2, 0) is 4.79 Å². The van der Waals surface area contributed by atoms with Gasteiger partial charge in [-0.1, -0.05) is 39.8 Å². The number of nitrogens with one attached hydrogen (secondary N) is 1. The van der Waals surface area contributed by atoms with Gasteiger partial charge in [-0.15, -0.1) is 0 Å². The Kier molecular flexibility index (Phi) is 3.78. The van der Waals surface area contributed by atoms with Gasteiger partial charge in [0, 0.05) is 12.5 Å². The largest absolute Gasteiger partial charge is 0.490 e. The van der Waals surface area contributed by atoms with Gasteiger partial charge in [-0.05, 0) is 23.0 Å². The number of nitrogens with two attached hydrogens (primary N) is 1. The van der Waals surface area contributed by atoms with Gasteiger partial charge >= 0.3 is 0 Å². The molecule has 3 N–H and O–H groups in total. The fourth-order valence-corrected chi connectivity index (χ4v) is 2.92. The Morgan fingerprint density at radius 1 is 1.25 bits per heavy atom. The van der Waals surface area contributed by atoms with Gasteiger partial charge in [-0.3, -0.25) is 4.79 Å². The number of benzene rings is 1. The van der Waals surface area contributed by atoms with E-state index in [-0.39, 0.29) is 22.7 Å². The van der Waals surface area contributed by atoms with E-state index in [0.29, 0.717) is 24.6 Å². The molecule has 0 saturated heterocycles. The number of para-hydroxylation sites is 2. The molecule has 0 aromatic heterocycles. The molecule has 1 aliphatic carbocycles. The quantitative estimate of drug-likeness (QED) is 0.869. The van der Waals surface area contributed by atoms with E-state index in [9.17, 15) is 4.79 Å². The Labute approximate surface area is 120 Å². The molecule has 0 heterocycles. The lowest BCUT2D eigenvalue weighted by Gasteiger charge is -2.12. The summed E-state index contributed by atoms with van der Waals surface area (Å²) in [7, 11) is 0. The second-order valence-electron chi connectivity index (χ2n) is 6.50. The molecule has 2 rings (SSSR count). The highest BCUT2D eigenvalue weighted by Gasteiger charge is 2.68. The molecule has 20 heavy (non-hydrogen) atoms. The zero-order valence-corrected chi connectivity index (χ0v) is 12.7. The highest BCUT2D eigenvalue weighted by Crippen LogP contribution is 2.68. The van der Waals surface area contributed by atoms with Gasteiger partial charge in [0.05, 0.1) is 5.69 Å². The van der Waals surface area contributed by atoms with Crippen molar-refractivity contribution in [3.8, 4) is 5.75 Å². The Morgan fingerprint density at radius 3 is 2.40 bits per heavy atom. The lowest BCUT2D eigenvalue weighted by atomic mass is 10.0. The SMILES string of the molecule is CC1(C)C(C(=O)Nc2ccccc2OCCN)C1(C)C. The van der Waals surface area contributed by atoms with Gasteiger partial charge in [0.2, 0.25) is 5.91 Å². The first kappa shape index (κ1) is 14.9. The molecule has 1 saturated carbocycles. The molecular weight excluding hydrogens is 252 g/mol. The van der Waals surface area contributed by atoms with Crippen LogP contribution in [0, 0.1) is 16.7 Å². The third kappa shape index (κ3) is 2.40. The normalized spacial score (nSPS) is 19.4. The van der Waals surface area contributed by atoms with Crippen molar-refractivity contribution in [1.29, 1.82) is 0 Å². The van der Waals surface area contributed by atoms with Crippen molar-refractivity contribution in [2.45, 2.75) is 27.7 Å². The Balaban J connectivity index is 2.10. The maximum Gasteiger partial charge on any atom is 0.228 e. The number of hydrogen-bond donors (Lipinski definition) is 2. The van der Waals surface area contributed by atoms with Crippen LogP contribution >= 0.6 is 0 Å². The van der Waals surface area contributed by atoms with Gasteiger partial charge < -0.3 is 15.8 Å². The fraction of sp³-hybridized carbons (Fsp3) is 0.562. The van der Waals surface area contributed by atoms with Crippen LogP contribution in [-0.4, -0.2) is 19.1 Å². The summed E-state index contributed by atoms with van der Waals surface area (Å²) in [6.45, 7) is 9.42. The molecule has 4 nitrogen and oxygen atoms in total. The van der Waals surface area contributed by atoms with Gasteiger partial charge in [-0.2, -0.15) is 0 Å². The van der Waals surface area contributed by atoms with E-state index < -0.39 is 0 Å². The number of amides is 1. The first-order chi connectivity index (χ1) is 9.32. The van der Waals surface area contributed by atoms with E-state index >= 15 is 0 Å². The van der Waals surface area contributed by atoms with Crippen LogP contribution in [0.4, 0.5) is 5.69 Å². The van der Waals surface area contributed by atoms with Crippen LogP contribution in [0.3, 0.4) is 0 Å². The number of anilines is 1. The van der Waals surface area contributed by atoms with Gasteiger partial charge in [0.1, 0.15) is 12.4 Å². The molecule has 1 aromatic carbocycles. The van der Waals surface area contributed by atoms with E-state index in [1.807, 2.05) is 24.3 Å². The van der Waals surface area contributed by atoms with Gasteiger partial charge in [-0.25, -0.2) is 0 Å². The molecular formula is C16H24N2O2. The summed E-state index contributed by atoms with van der Waals surface area (Å²) in [5, 5.41) is 2.99. The second-order valence-corrected chi connectivity index (χ2v) is 6.50. The van der Waals surface area contributed by atoms with E-state index in [0.717, 1.165) is 0 Å². The second kappa shape index (κ2) is 5.09. The maximum absolute atomic E-state index is 12.4. The van der Waals surface area contributed by atoms with E-state index in [1.165, 1.54) is 0 Å². The molecule has 0 aliphatic heterocycles. The third-order valence-corrected chi connectivity index (χ3v) is 4.80. The van der Waals surface area contributed by atoms with Crippen LogP contribution in [0.2, 0.25) is 0 Å². The predicted octanol–water partition coefficient (Wildman–Crippen LogP) is 2.64. The molecule has 1 fully saturated rings. The summed E-state index contributed by atoms with van der Waals surface area (Å²) in [6, 6.07) is 7.46. The van der Waals surface area contributed by atoms with Crippen LogP contribution in [0.1, 0.15) is 27.7 Å². The van der Waals surface area contributed by atoms with E-state index in [4.69, 9.17) is 10.5 Å². The Morgan fingerprint density at radius 2 is 1.85 bits per heavy atom. The zero-order chi connectivity index (χ0) is 15.0. The number of carbonyl (C=O) groups excluding carboxylic acids is 1. The zero-order valence-electron chi connectivity index (χ0n) is 12.7. The topological polar surface area (TPSA) is 64.3 Å². The molecule has 4 heteroatoms. The third-order valence-electron chi connectivity index (χ3n) is 4.80. The predicted molar refractivity (Wildman–Crippen MR) is 80.7 cm³/mol. The van der Waals surface area contributed by atoms with E-state index in [1.54, 1.807) is 0 Å². The molecule has 0 radical (unpaired) electrons. The smallest absolute Gasteiger partial charge is 0.228 e. The minimum absolute atomic E-state index is 0.0255. The van der Waals surface area contributed by atoms with Crippen LogP contribution in [0.15, 0.2) is 24.3 Å². The van der Waals surface area contributed by atoms with Crippen molar-refractivity contribution in [3.63, 3.8) is 0 Å². The first-order valence-electron chi connectivity index (χ1n) is 7.05. The molecule has 0 atom stereocenters. The average molecular weight is 276 g/mol. The molecule has 0 bridgehead atoms. The Hall–Kier alpha value is -1.55. The standard InChI is InChI=1S/C16H24N2O2/c1-15(2)13(16(15,3)4)14(19)18-11-7-5-6-8-12(11)20-10-9-17/h5-8,13H,9-10,17H2,1-4H3,(H,18,19). The minimum Gasteiger partial charge on any atom is -0.490 e. The monoisotopic (exact) mass is 276 g/mol. The minimum atomic E-state index is 0.0255. The van der Waals surface area contributed by atoms with Crippen LogP contribution in [0.25, 0.3) is 0 Å². The summed E-state index contributed by atoms with van der Waals surface area (Å²) < 4.78 is 5.55. The van der Waals surface area contributed by atoms with Crippen molar-refractivity contribution in [1.82, 2.24) is 0 Å². The highest BCUT2D eigenvalue weighted by molar-refractivity contribution is 5.97. The van der Waals surface area contributed by atoms with Crippen molar-refractivity contribution in [2.75, 3.05) is 18.5 Å². The van der Waals surface area contributed by atoms with Gasteiger partial charge in [0.25, 0.3) is 0 Å². The summed E-state index contributed by atoms with van der Waals surface area (Å²) in [6.07, 6.45) is 0. The lowest BCUT2D eigenvalue weighted by molar-refractivity contribution is -0.118. The van der Waals surface area contributed by atoms with Crippen molar-refractivity contribution >= 4 is 11.6 Å². The lowest BCUT2D eigenvalue weighted by Crippen LogP contribution is -2.19. The van der Waals surface area contributed by atoms with Crippen LogP contribution < -0.4 is 15.8 Å². The molecule has 110 valence electrons. The first-order valence-corrected chi connectivity index (χ1v) is 7.05.